The first-order chi connectivity index (χ1) is 18.4. The Balaban J connectivity index is 1.36. The number of nitro benzene ring substituents is 1. The number of hydrogen-bond donors (Lipinski definition) is 3. The van der Waals surface area contributed by atoms with Crippen LogP contribution in [0.3, 0.4) is 0 Å². The minimum Gasteiger partial charge on any atom is -0.392 e. The van der Waals surface area contributed by atoms with Gasteiger partial charge in [-0.3, -0.25) is 14.8 Å². The Bertz CT molecular complexity index is 1160. The summed E-state index contributed by atoms with van der Waals surface area (Å²) in [6.07, 6.45) is 2.09. The smallest absolute Gasteiger partial charge is 0.269 e. The number of nitrogens with one attached hydrogen (secondary N) is 2. The zero-order valence-electron chi connectivity index (χ0n) is 22.0. The van der Waals surface area contributed by atoms with Crippen LogP contribution in [0.5, 0.6) is 0 Å². The molecule has 4 rings (SSSR count). The number of nitrogens with zero attached hydrogens (tertiary/aromatic N) is 1. The maximum Gasteiger partial charge on any atom is 0.269 e. The Morgan fingerprint density at radius 1 is 1.03 bits per heavy atom. The van der Waals surface area contributed by atoms with E-state index in [2.05, 4.69) is 65.5 Å². The number of fused-ring (bicyclic) bond motifs is 1. The number of non-ortho nitro benzene ring substituents is 1. The maximum atomic E-state index is 10.9. The summed E-state index contributed by atoms with van der Waals surface area (Å²) in [6.45, 7) is 3.45. The van der Waals surface area contributed by atoms with Gasteiger partial charge >= 0.3 is 0 Å². The first-order valence-corrected chi connectivity index (χ1v) is 14.0. The summed E-state index contributed by atoms with van der Waals surface area (Å²) < 4.78 is 9.05. The van der Waals surface area contributed by atoms with Gasteiger partial charge in [0.1, 0.15) is 0 Å². The quantitative estimate of drug-likeness (QED) is 0.139. The number of aliphatic hydroxyl groups is 1. The number of methoxy groups -OCH3 is 1. The summed E-state index contributed by atoms with van der Waals surface area (Å²) in [5.41, 5.74) is 4.01. The highest BCUT2D eigenvalue weighted by atomic mass is 32.2. The van der Waals surface area contributed by atoms with Gasteiger partial charge in [-0.05, 0) is 72.0 Å². The largest absolute Gasteiger partial charge is 0.392 e. The van der Waals surface area contributed by atoms with Crippen molar-refractivity contribution in [3.63, 3.8) is 0 Å². The fraction of sp³-hybridized carbons (Fsp3) is 0.400. The van der Waals surface area contributed by atoms with Crippen LogP contribution in [0, 0.1) is 16.0 Å². The van der Waals surface area contributed by atoms with Crippen molar-refractivity contribution in [2.24, 2.45) is 5.92 Å². The van der Waals surface area contributed by atoms with Crippen molar-refractivity contribution in [1.29, 1.82) is 0 Å². The number of ether oxygens (including phenoxy) is 1. The van der Waals surface area contributed by atoms with Gasteiger partial charge in [-0.2, -0.15) is 0 Å². The van der Waals surface area contributed by atoms with Crippen LogP contribution < -0.4 is 10.0 Å². The molecule has 5 unspecified atom stereocenters. The van der Waals surface area contributed by atoms with E-state index in [9.17, 15) is 15.2 Å². The van der Waals surface area contributed by atoms with E-state index in [-0.39, 0.29) is 23.8 Å². The van der Waals surface area contributed by atoms with E-state index in [1.54, 1.807) is 19.2 Å². The van der Waals surface area contributed by atoms with Gasteiger partial charge in [0.2, 0.25) is 0 Å². The van der Waals surface area contributed by atoms with Crippen molar-refractivity contribution in [3.05, 3.63) is 106 Å². The Morgan fingerprint density at radius 2 is 1.74 bits per heavy atom. The normalized spacial score (nSPS) is 19.0. The number of hydrogen-bond acceptors (Lipinski definition) is 7. The van der Waals surface area contributed by atoms with Crippen LogP contribution in [0.4, 0.5) is 5.69 Å². The highest BCUT2D eigenvalue weighted by Crippen LogP contribution is 2.34. The van der Waals surface area contributed by atoms with Crippen molar-refractivity contribution in [3.8, 4) is 0 Å². The zero-order valence-corrected chi connectivity index (χ0v) is 22.8. The molecule has 0 saturated carbocycles. The van der Waals surface area contributed by atoms with Gasteiger partial charge in [0.05, 0.1) is 23.2 Å². The lowest BCUT2D eigenvalue weighted by Gasteiger charge is -2.28. The highest BCUT2D eigenvalue weighted by molar-refractivity contribution is 7.97. The average Bonchev–Trinajstić information content (AvgIpc) is 3.30. The number of nitro groups is 1. The van der Waals surface area contributed by atoms with Gasteiger partial charge in [-0.25, -0.2) is 0 Å². The third kappa shape index (κ3) is 7.65. The van der Waals surface area contributed by atoms with Crippen molar-refractivity contribution in [2.45, 2.75) is 55.2 Å². The molecule has 0 bridgehead atoms. The maximum absolute atomic E-state index is 10.9. The first kappa shape index (κ1) is 28.3. The molecule has 3 N–H and O–H groups in total. The van der Waals surface area contributed by atoms with Crippen molar-refractivity contribution < 1.29 is 14.8 Å². The van der Waals surface area contributed by atoms with Crippen LogP contribution in [-0.4, -0.2) is 42.4 Å². The van der Waals surface area contributed by atoms with E-state index >= 15 is 0 Å². The topological polar surface area (TPSA) is 96.7 Å². The molecule has 0 heterocycles. The van der Waals surface area contributed by atoms with E-state index in [4.69, 9.17) is 4.74 Å². The third-order valence-corrected chi connectivity index (χ3v) is 8.15. The predicted molar refractivity (Wildman–Crippen MR) is 152 cm³/mol. The van der Waals surface area contributed by atoms with E-state index in [0.717, 1.165) is 24.3 Å². The van der Waals surface area contributed by atoms with Gasteiger partial charge in [0.15, 0.2) is 0 Å². The van der Waals surface area contributed by atoms with Crippen LogP contribution in [-0.2, 0) is 11.2 Å². The summed E-state index contributed by atoms with van der Waals surface area (Å²) in [7, 11) is 1.78. The van der Waals surface area contributed by atoms with Crippen molar-refractivity contribution >= 4 is 17.6 Å². The van der Waals surface area contributed by atoms with Crippen LogP contribution >= 0.6 is 11.9 Å². The lowest BCUT2D eigenvalue weighted by molar-refractivity contribution is -0.384. The van der Waals surface area contributed by atoms with Crippen molar-refractivity contribution in [1.82, 2.24) is 10.0 Å². The van der Waals surface area contributed by atoms with Gasteiger partial charge in [0.25, 0.3) is 5.69 Å². The number of benzene rings is 3. The standard InChI is InChI=1S/C30H37N3O4S/c1-21(23-8-4-3-5-9-23)16-22(19-31-30-28-11-7-6-10-24(28)18-29(30)37-2)17-26(34)20-32-38-27-14-12-25(13-15-27)33(35)36/h3-15,21-22,26,29-32,34H,16-20H2,1-2H3. The lowest BCUT2D eigenvalue weighted by Crippen LogP contribution is -2.36. The summed E-state index contributed by atoms with van der Waals surface area (Å²) in [5, 5.41) is 25.6. The van der Waals surface area contributed by atoms with E-state index in [0.29, 0.717) is 18.9 Å². The fourth-order valence-corrected chi connectivity index (χ4v) is 6.03. The van der Waals surface area contributed by atoms with Crippen LogP contribution in [0.15, 0.2) is 83.8 Å². The van der Waals surface area contributed by atoms with Gasteiger partial charge < -0.3 is 15.2 Å². The van der Waals surface area contributed by atoms with E-state index < -0.39 is 11.0 Å². The fourth-order valence-electron chi connectivity index (χ4n) is 5.32. The number of rotatable bonds is 14. The summed E-state index contributed by atoms with van der Waals surface area (Å²) in [6, 6.07) is 25.6. The Hall–Kier alpha value is -2.75. The van der Waals surface area contributed by atoms with Crippen LogP contribution in [0.2, 0.25) is 0 Å². The van der Waals surface area contributed by atoms with Crippen LogP contribution in [0.1, 0.15) is 48.4 Å². The number of aliphatic hydroxyl groups excluding tert-OH is 1. The molecule has 0 saturated heterocycles. The minimum absolute atomic E-state index is 0.0675. The molecule has 38 heavy (non-hydrogen) atoms. The molecule has 0 aromatic heterocycles. The molecule has 202 valence electrons. The summed E-state index contributed by atoms with van der Waals surface area (Å²) in [5.74, 6) is 0.628. The molecule has 3 aromatic carbocycles. The second-order valence-electron chi connectivity index (χ2n) is 10.1. The highest BCUT2D eigenvalue weighted by Gasteiger charge is 2.32. The molecule has 8 heteroatoms. The van der Waals surface area contributed by atoms with Crippen molar-refractivity contribution in [2.75, 3.05) is 20.2 Å². The molecule has 1 aliphatic rings. The van der Waals surface area contributed by atoms with Gasteiger partial charge in [-0.1, -0.05) is 61.5 Å². The molecular formula is C30H37N3O4S. The molecule has 0 aliphatic heterocycles. The molecule has 0 radical (unpaired) electrons. The summed E-state index contributed by atoms with van der Waals surface area (Å²) >= 11 is 1.37. The molecule has 0 amide bonds. The zero-order chi connectivity index (χ0) is 26.9. The second-order valence-corrected chi connectivity index (χ2v) is 11.0. The van der Waals surface area contributed by atoms with E-state index in [1.165, 1.54) is 40.8 Å². The average molecular weight is 536 g/mol. The van der Waals surface area contributed by atoms with Gasteiger partial charge in [-0.15, -0.1) is 0 Å². The molecule has 5 atom stereocenters. The molecule has 1 aliphatic carbocycles. The Morgan fingerprint density at radius 3 is 2.45 bits per heavy atom. The predicted octanol–water partition coefficient (Wildman–Crippen LogP) is 5.65. The SMILES string of the molecule is COC1Cc2ccccc2C1NCC(CC(O)CNSc1ccc([N+](=O)[O-])cc1)CC(C)c1ccccc1. The molecule has 3 aromatic rings. The monoisotopic (exact) mass is 535 g/mol. The Labute approximate surface area is 229 Å². The lowest BCUT2D eigenvalue weighted by atomic mass is 9.86. The second kappa shape index (κ2) is 13.9. The third-order valence-electron chi connectivity index (χ3n) is 7.33. The summed E-state index contributed by atoms with van der Waals surface area (Å²) in [4.78, 5) is 11.3. The van der Waals surface area contributed by atoms with Crippen LogP contribution in [0.25, 0.3) is 0 Å². The molecule has 0 spiro atoms. The molecular weight excluding hydrogens is 498 g/mol. The molecule has 0 fully saturated rings. The van der Waals surface area contributed by atoms with Gasteiger partial charge in [0, 0.05) is 37.1 Å². The minimum atomic E-state index is -0.524. The Kier molecular flexibility index (Phi) is 10.3. The first-order valence-electron chi connectivity index (χ1n) is 13.2. The molecule has 7 nitrogen and oxygen atoms in total. The van der Waals surface area contributed by atoms with E-state index in [1.807, 2.05) is 6.07 Å².